The average Bonchev–Trinajstić information content (AvgIpc) is 2.66. The van der Waals surface area contributed by atoms with Gasteiger partial charge in [0, 0.05) is 39.0 Å². The fraction of sp³-hybridized carbons (Fsp3) is 0.400. The normalized spacial score (nSPS) is 10.7. The second-order valence-electron chi connectivity index (χ2n) is 4.61. The Kier molecular flexibility index (Phi) is 4.10. The Morgan fingerprint density at radius 1 is 1.47 bits per heavy atom. The van der Waals surface area contributed by atoms with Gasteiger partial charge >= 0.3 is 0 Å². The lowest BCUT2D eigenvalue weighted by molar-refractivity contribution is -0.118. The molecule has 2 aromatic rings. The monoisotopic (exact) mass is 262 g/mol. The predicted molar refractivity (Wildman–Crippen MR) is 78.6 cm³/mol. The van der Waals surface area contributed by atoms with E-state index in [0.717, 1.165) is 12.2 Å². The van der Waals surface area contributed by atoms with Gasteiger partial charge in [0.15, 0.2) is 0 Å². The summed E-state index contributed by atoms with van der Waals surface area (Å²) < 4.78 is 7.65. The topological polar surface area (TPSA) is 43.3 Å². The Bertz CT molecular complexity index is 593. The van der Waals surface area contributed by atoms with Gasteiger partial charge in [-0.1, -0.05) is 0 Å². The van der Waals surface area contributed by atoms with Gasteiger partial charge in [-0.05, 0) is 37.1 Å². The smallest absolute Gasteiger partial charge is 0.216 e. The molecular weight excluding hydrogens is 240 g/mol. The number of carbonyl (C=O) groups excluding carboxylic acids is 1. The number of aromatic nitrogens is 1. The number of hydrogen-bond donors (Lipinski definition) is 1. The molecular formula is C15H22N2O2. The summed E-state index contributed by atoms with van der Waals surface area (Å²) in [6.45, 7) is 4.84. The lowest BCUT2D eigenvalue weighted by Crippen LogP contribution is -2.22. The van der Waals surface area contributed by atoms with Gasteiger partial charge in [-0.25, -0.2) is 0 Å². The highest BCUT2D eigenvalue weighted by Gasteiger charge is 2.08. The minimum atomic E-state index is 0. The van der Waals surface area contributed by atoms with E-state index in [4.69, 9.17) is 4.74 Å². The summed E-state index contributed by atoms with van der Waals surface area (Å²) in [5.41, 5.74) is 2.41. The third-order valence-electron chi connectivity index (χ3n) is 3.12. The molecule has 0 bridgehead atoms. The number of fused-ring (bicyclic) bond motifs is 1. The van der Waals surface area contributed by atoms with Crippen LogP contribution in [0.2, 0.25) is 0 Å². The van der Waals surface area contributed by atoms with Crippen LogP contribution in [-0.2, 0) is 18.3 Å². The van der Waals surface area contributed by atoms with Crippen LogP contribution in [0.1, 0.15) is 20.8 Å². The Balaban J connectivity index is 0.00000200. The van der Waals surface area contributed by atoms with Gasteiger partial charge in [0.1, 0.15) is 5.75 Å². The first-order chi connectivity index (χ1) is 9.11. The number of amides is 1. The van der Waals surface area contributed by atoms with Crippen LogP contribution in [0.25, 0.3) is 10.9 Å². The molecule has 19 heavy (non-hydrogen) atoms. The molecule has 0 aliphatic carbocycles. The molecule has 0 aliphatic heterocycles. The van der Waals surface area contributed by atoms with Crippen LogP contribution in [0.5, 0.6) is 5.75 Å². The van der Waals surface area contributed by atoms with Crippen LogP contribution in [0.3, 0.4) is 0 Å². The fourth-order valence-electron chi connectivity index (χ4n) is 2.28. The zero-order valence-electron chi connectivity index (χ0n) is 11.7. The zero-order valence-corrected chi connectivity index (χ0v) is 11.7. The van der Waals surface area contributed by atoms with Gasteiger partial charge in [0.25, 0.3) is 0 Å². The third kappa shape index (κ3) is 3.08. The summed E-state index contributed by atoms with van der Waals surface area (Å²) in [7, 11) is 2.03. The quantitative estimate of drug-likeness (QED) is 0.899. The van der Waals surface area contributed by atoms with E-state index < -0.39 is 0 Å². The Morgan fingerprint density at radius 3 is 2.95 bits per heavy atom. The molecule has 4 nitrogen and oxygen atoms in total. The van der Waals surface area contributed by atoms with E-state index in [-0.39, 0.29) is 7.33 Å². The highest BCUT2D eigenvalue weighted by atomic mass is 16.5. The van der Waals surface area contributed by atoms with Crippen molar-refractivity contribution in [2.45, 2.75) is 20.3 Å². The maximum atomic E-state index is 10.9. The minimum absolute atomic E-state index is 0. The molecule has 1 heterocycles. The second-order valence-corrected chi connectivity index (χ2v) is 4.61. The predicted octanol–water partition coefficient (Wildman–Crippen LogP) is 2.50. The van der Waals surface area contributed by atoms with Gasteiger partial charge in [0.2, 0.25) is 5.91 Å². The summed E-state index contributed by atoms with van der Waals surface area (Å²) in [6, 6.07) is 6.13. The number of carbonyl (C=O) groups is 1. The molecule has 0 saturated carbocycles. The number of hydrogen-bond acceptors (Lipinski definition) is 2. The number of ether oxygens (including phenoxy) is 1. The molecule has 4 heteroatoms. The first-order valence-electron chi connectivity index (χ1n) is 6.57. The third-order valence-corrected chi connectivity index (χ3v) is 3.12. The van der Waals surface area contributed by atoms with Crippen molar-refractivity contribution in [1.82, 2.24) is 9.88 Å². The van der Waals surface area contributed by atoms with Gasteiger partial charge < -0.3 is 14.6 Å². The lowest BCUT2D eigenvalue weighted by atomic mass is 10.1. The van der Waals surface area contributed by atoms with Crippen LogP contribution >= 0.6 is 0 Å². The first kappa shape index (κ1) is 13.5. The standard InChI is InChI=1S/C15H20N2O2.H2/c1-4-19-13-5-6-15-14(9-13)12(10-17(15)3)7-8-16-11(2)18;/h5-6,9-10H,4,7-8H2,1-3H3,(H,16,18);1H. The average molecular weight is 262 g/mol. The molecule has 0 radical (unpaired) electrons. The van der Waals surface area contributed by atoms with Crippen LogP contribution in [-0.4, -0.2) is 23.6 Å². The summed E-state index contributed by atoms with van der Waals surface area (Å²) in [5.74, 6) is 0.900. The molecule has 1 amide bonds. The molecule has 1 aromatic heterocycles. The maximum Gasteiger partial charge on any atom is 0.216 e. The SMILES string of the molecule is CCOc1ccc2c(c1)c(CCNC(C)=O)cn2C.[HH]. The van der Waals surface area contributed by atoms with Crippen molar-refractivity contribution in [2.24, 2.45) is 7.05 Å². The van der Waals surface area contributed by atoms with Crippen LogP contribution in [0.15, 0.2) is 24.4 Å². The number of nitrogens with one attached hydrogen (secondary N) is 1. The molecule has 0 spiro atoms. The Labute approximate surface area is 114 Å². The number of aryl methyl sites for hydroxylation is 1. The molecule has 2 rings (SSSR count). The van der Waals surface area contributed by atoms with Crippen LogP contribution in [0, 0.1) is 0 Å². The number of rotatable bonds is 5. The molecule has 1 aromatic carbocycles. The number of nitrogens with zero attached hydrogens (tertiary/aromatic N) is 1. The van der Waals surface area contributed by atoms with Gasteiger partial charge in [-0.15, -0.1) is 0 Å². The lowest BCUT2D eigenvalue weighted by Gasteiger charge is -2.05. The highest BCUT2D eigenvalue weighted by Crippen LogP contribution is 2.25. The van der Waals surface area contributed by atoms with E-state index >= 15 is 0 Å². The summed E-state index contributed by atoms with van der Waals surface area (Å²) in [6.07, 6.45) is 2.94. The maximum absolute atomic E-state index is 10.9. The van der Waals surface area contributed by atoms with Crippen molar-refractivity contribution in [3.63, 3.8) is 0 Å². The van der Waals surface area contributed by atoms with E-state index in [1.807, 2.05) is 20.0 Å². The summed E-state index contributed by atoms with van der Waals surface area (Å²) in [5, 5.41) is 4.02. The molecule has 104 valence electrons. The van der Waals surface area contributed by atoms with Crippen LogP contribution in [0.4, 0.5) is 0 Å². The van der Waals surface area contributed by atoms with Crippen LogP contribution < -0.4 is 10.1 Å². The highest BCUT2D eigenvalue weighted by molar-refractivity contribution is 5.85. The molecule has 1 N–H and O–H groups in total. The van der Waals surface area contributed by atoms with E-state index in [9.17, 15) is 4.79 Å². The fourth-order valence-corrected chi connectivity index (χ4v) is 2.28. The number of benzene rings is 1. The van der Waals surface area contributed by atoms with Crippen molar-refractivity contribution in [2.75, 3.05) is 13.2 Å². The summed E-state index contributed by atoms with van der Waals surface area (Å²) >= 11 is 0. The molecule has 0 fully saturated rings. The molecule has 0 unspecified atom stereocenters. The van der Waals surface area contributed by atoms with Crippen molar-refractivity contribution in [3.05, 3.63) is 30.0 Å². The van der Waals surface area contributed by atoms with Crippen molar-refractivity contribution in [1.29, 1.82) is 0 Å². The minimum Gasteiger partial charge on any atom is -0.494 e. The van der Waals surface area contributed by atoms with E-state index in [0.29, 0.717) is 13.2 Å². The van der Waals surface area contributed by atoms with E-state index in [1.54, 1.807) is 0 Å². The van der Waals surface area contributed by atoms with Crippen molar-refractivity contribution in [3.8, 4) is 5.75 Å². The summed E-state index contributed by atoms with van der Waals surface area (Å²) in [4.78, 5) is 10.9. The van der Waals surface area contributed by atoms with Gasteiger partial charge in [0.05, 0.1) is 6.61 Å². The zero-order chi connectivity index (χ0) is 13.8. The van der Waals surface area contributed by atoms with Crippen molar-refractivity contribution >= 4 is 16.8 Å². The Morgan fingerprint density at radius 2 is 2.26 bits per heavy atom. The molecule has 0 aliphatic rings. The molecule has 0 atom stereocenters. The second kappa shape index (κ2) is 5.78. The molecule has 0 saturated heterocycles. The van der Waals surface area contributed by atoms with E-state index in [1.165, 1.54) is 23.4 Å². The van der Waals surface area contributed by atoms with Gasteiger partial charge in [-0.2, -0.15) is 0 Å². The van der Waals surface area contributed by atoms with Gasteiger partial charge in [-0.3, -0.25) is 4.79 Å². The van der Waals surface area contributed by atoms with E-state index in [2.05, 4.69) is 28.2 Å². The largest absolute Gasteiger partial charge is 0.494 e. The Hall–Kier alpha value is -1.97. The van der Waals surface area contributed by atoms with Crippen molar-refractivity contribution < 1.29 is 11.0 Å². The first-order valence-corrected chi connectivity index (χ1v) is 6.57.